The third-order valence-corrected chi connectivity index (χ3v) is 3.86. The molecule has 0 aliphatic heterocycles. The van der Waals surface area contributed by atoms with Crippen LogP contribution in [-0.4, -0.2) is 32.1 Å². The first-order valence-electron chi connectivity index (χ1n) is 8.93. The molecule has 144 valence electrons. The highest BCUT2D eigenvalue weighted by Crippen LogP contribution is 2.16. The molecule has 6 nitrogen and oxygen atoms in total. The highest BCUT2D eigenvalue weighted by Gasteiger charge is 2.06. The van der Waals surface area contributed by atoms with Gasteiger partial charge in [0.1, 0.15) is 5.75 Å². The lowest BCUT2D eigenvalue weighted by Crippen LogP contribution is -2.21. The molecule has 0 heterocycles. The van der Waals surface area contributed by atoms with E-state index >= 15 is 0 Å². The van der Waals surface area contributed by atoms with E-state index in [-0.39, 0.29) is 12.5 Å². The first-order chi connectivity index (χ1) is 13.0. The van der Waals surface area contributed by atoms with Gasteiger partial charge in [-0.05, 0) is 60.9 Å². The maximum Gasteiger partial charge on any atom is 0.337 e. The number of rotatable bonds is 9. The molecular weight excluding hydrogens is 344 g/mol. The van der Waals surface area contributed by atoms with Crippen LogP contribution in [0.2, 0.25) is 0 Å². The predicted molar refractivity (Wildman–Crippen MR) is 106 cm³/mol. The second-order valence-corrected chi connectivity index (χ2v) is 6.53. The normalized spacial score (nSPS) is 10.4. The van der Waals surface area contributed by atoms with Gasteiger partial charge in [0.2, 0.25) is 5.91 Å². The molecular formula is C21H26N2O4. The van der Waals surface area contributed by atoms with Crippen LogP contribution in [0, 0.1) is 5.92 Å². The fourth-order valence-corrected chi connectivity index (χ4v) is 2.28. The van der Waals surface area contributed by atoms with Crippen molar-refractivity contribution in [1.29, 1.82) is 0 Å². The lowest BCUT2D eigenvalue weighted by Gasteiger charge is -2.10. The van der Waals surface area contributed by atoms with Crippen LogP contribution >= 0.6 is 0 Å². The van der Waals surface area contributed by atoms with Crippen LogP contribution in [0.4, 0.5) is 11.4 Å². The molecule has 0 bridgehead atoms. The number of amides is 1. The lowest BCUT2D eigenvalue weighted by atomic mass is 10.1. The number of hydrogen-bond acceptors (Lipinski definition) is 5. The molecule has 0 saturated heterocycles. The van der Waals surface area contributed by atoms with Crippen molar-refractivity contribution in [2.24, 2.45) is 5.92 Å². The number of carbonyl (C=O) groups is 2. The van der Waals surface area contributed by atoms with Gasteiger partial charge in [0.05, 0.1) is 25.8 Å². The smallest absolute Gasteiger partial charge is 0.337 e. The minimum absolute atomic E-state index is 0.131. The highest BCUT2D eigenvalue weighted by molar-refractivity contribution is 5.95. The number of esters is 1. The molecule has 2 aromatic carbocycles. The Hall–Kier alpha value is -3.02. The van der Waals surface area contributed by atoms with Gasteiger partial charge in [-0.25, -0.2) is 4.79 Å². The van der Waals surface area contributed by atoms with Crippen LogP contribution in [0.15, 0.2) is 48.5 Å². The summed E-state index contributed by atoms with van der Waals surface area (Å²) in [6.45, 7) is 5.15. The Morgan fingerprint density at radius 2 is 1.59 bits per heavy atom. The monoisotopic (exact) mass is 370 g/mol. The van der Waals surface area contributed by atoms with E-state index in [9.17, 15) is 9.59 Å². The molecule has 0 unspecified atom stereocenters. The molecule has 6 heteroatoms. The van der Waals surface area contributed by atoms with Gasteiger partial charge in [-0.2, -0.15) is 0 Å². The number of ether oxygens (including phenoxy) is 2. The maximum absolute atomic E-state index is 12.0. The first kappa shape index (κ1) is 20.3. The van der Waals surface area contributed by atoms with Gasteiger partial charge in [0.15, 0.2) is 0 Å². The van der Waals surface area contributed by atoms with Gasteiger partial charge >= 0.3 is 5.97 Å². The molecule has 2 aromatic rings. The Labute approximate surface area is 159 Å². The molecule has 0 aromatic heterocycles. The van der Waals surface area contributed by atoms with Crippen molar-refractivity contribution in [2.45, 2.75) is 20.3 Å². The molecule has 27 heavy (non-hydrogen) atoms. The number of carbonyl (C=O) groups excluding carboxylic acids is 2. The third-order valence-electron chi connectivity index (χ3n) is 3.86. The zero-order valence-electron chi connectivity index (χ0n) is 16.0. The van der Waals surface area contributed by atoms with Gasteiger partial charge in [0, 0.05) is 11.4 Å². The van der Waals surface area contributed by atoms with Gasteiger partial charge < -0.3 is 20.1 Å². The number of anilines is 2. The van der Waals surface area contributed by atoms with Crippen molar-refractivity contribution in [3.8, 4) is 5.75 Å². The SMILES string of the molecule is COC(=O)c1ccc(NC(=O)CNc2ccc(OCCC(C)C)cc2)cc1. The Bertz CT molecular complexity index is 740. The Morgan fingerprint density at radius 3 is 2.19 bits per heavy atom. The van der Waals surface area contributed by atoms with Crippen LogP contribution < -0.4 is 15.4 Å². The molecule has 0 atom stereocenters. The van der Waals surface area contributed by atoms with E-state index in [1.165, 1.54) is 7.11 Å². The van der Waals surface area contributed by atoms with Gasteiger partial charge in [-0.3, -0.25) is 4.79 Å². The molecule has 2 N–H and O–H groups in total. The average molecular weight is 370 g/mol. The zero-order chi connectivity index (χ0) is 19.6. The van der Waals surface area contributed by atoms with E-state index in [0.717, 1.165) is 17.9 Å². The van der Waals surface area contributed by atoms with E-state index in [0.29, 0.717) is 23.8 Å². The molecule has 0 aliphatic carbocycles. The molecule has 0 fully saturated rings. The largest absolute Gasteiger partial charge is 0.494 e. The van der Waals surface area contributed by atoms with E-state index in [1.807, 2.05) is 24.3 Å². The maximum atomic E-state index is 12.0. The predicted octanol–water partition coefficient (Wildman–Crippen LogP) is 3.95. The second-order valence-electron chi connectivity index (χ2n) is 6.53. The summed E-state index contributed by atoms with van der Waals surface area (Å²) in [4.78, 5) is 23.4. The van der Waals surface area contributed by atoms with Crippen LogP contribution in [-0.2, 0) is 9.53 Å². The summed E-state index contributed by atoms with van der Waals surface area (Å²) in [5, 5.41) is 5.83. The third kappa shape index (κ3) is 7.01. The fraction of sp³-hybridized carbons (Fsp3) is 0.333. The zero-order valence-corrected chi connectivity index (χ0v) is 16.0. The molecule has 0 spiro atoms. The summed E-state index contributed by atoms with van der Waals surface area (Å²) >= 11 is 0. The van der Waals surface area contributed by atoms with Crippen LogP contribution in [0.3, 0.4) is 0 Å². The van der Waals surface area contributed by atoms with E-state index in [4.69, 9.17) is 4.74 Å². The van der Waals surface area contributed by atoms with Crippen molar-refractivity contribution < 1.29 is 19.1 Å². The summed E-state index contributed by atoms with van der Waals surface area (Å²) in [6, 6.07) is 14.0. The van der Waals surface area contributed by atoms with Crippen LogP contribution in [0.25, 0.3) is 0 Å². The number of benzene rings is 2. The molecule has 1 amide bonds. The quantitative estimate of drug-likeness (QED) is 0.654. The summed E-state index contributed by atoms with van der Waals surface area (Å²) in [7, 11) is 1.33. The van der Waals surface area contributed by atoms with E-state index in [2.05, 4.69) is 29.2 Å². The fourth-order valence-electron chi connectivity index (χ4n) is 2.28. The molecule has 0 aliphatic rings. The summed E-state index contributed by atoms with van der Waals surface area (Å²) in [5.74, 6) is 0.835. The number of methoxy groups -OCH3 is 1. The molecule has 0 radical (unpaired) electrons. The summed E-state index contributed by atoms with van der Waals surface area (Å²) in [5.41, 5.74) is 1.88. The van der Waals surface area contributed by atoms with Crippen molar-refractivity contribution in [2.75, 3.05) is 30.9 Å². The second kappa shape index (κ2) is 10.2. The number of nitrogens with one attached hydrogen (secondary N) is 2. The van der Waals surface area contributed by atoms with Gasteiger partial charge in [0.25, 0.3) is 0 Å². The van der Waals surface area contributed by atoms with Crippen molar-refractivity contribution >= 4 is 23.3 Å². The number of hydrogen-bond donors (Lipinski definition) is 2. The van der Waals surface area contributed by atoms with Crippen molar-refractivity contribution in [1.82, 2.24) is 0 Å². The van der Waals surface area contributed by atoms with Gasteiger partial charge in [-0.1, -0.05) is 13.8 Å². The molecule has 2 rings (SSSR count). The van der Waals surface area contributed by atoms with E-state index < -0.39 is 5.97 Å². The standard InChI is InChI=1S/C21H26N2O4/c1-15(2)12-13-27-19-10-8-17(9-11-19)22-14-20(24)23-18-6-4-16(5-7-18)21(25)26-3/h4-11,15,22H,12-14H2,1-3H3,(H,23,24). The minimum Gasteiger partial charge on any atom is -0.494 e. The van der Waals surface area contributed by atoms with Crippen molar-refractivity contribution in [3.63, 3.8) is 0 Å². The van der Waals surface area contributed by atoms with Crippen LogP contribution in [0.5, 0.6) is 5.75 Å². The summed E-state index contributed by atoms with van der Waals surface area (Å²) in [6.07, 6.45) is 1.01. The summed E-state index contributed by atoms with van der Waals surface area (Å²) < 4.78 is 10.3. The van der Waals surface area contributed by atoms with Gasteiger partial charge in [-0.15, -0.1) is 0 Å². The van der Waals surface area contributed by atoms with Crippen molar-refractivity contribution in [3.05, 3.63) is 54.1 Å². The van der Waals surface area contributed by atoms with Crippen LogP contribution in [0.1, 0.15) is 30.6 Å². The van der Waals surface area contributed by atoms with E-state index in [1.54, 1.807) is 24.3 Å². The Balaban J connectivity index is 1.77. The first-order valence-corrected chi connectivity index (χ1v) is 8.93. The Morgan fingerprint density at radius 1 is 0.963 bits per heavy atom. The minimum atomic E-state index is -0.411. The lowest BCUT2D eigenvalue weighted by molar-refractivity contribution is -0.114. The topological polar surface area (TPSA) is 76.7 Å². The average Bonchev–Trinajstić information content (AvgIpc) is 2.67. The molecule has 0 saturated carbocycles. The highest BCUT2D eigenvalue weighted by atomic mass is 16.5. The Kier molecular flexibility index (Phi) is 7.67.